The van der Waals surface area contributed by atoms with Gasteiger partial charge in [0.05, 0.1) is 6.61 Å². The molecular formula is C16H28N2O. The highest BCUT2D eigenvalue weighted by atomic mass is 16.5. The average molecular weight is 264 g/mol. The van der Waals surface area contributed by atoms with Crippen LogP contribution in [0.5, 0.6) is 0 Å². The first-order valence-electron chi connectivity index (χ1n) is 7.20. The minimum Gasteiger partial charge on any atom is -0.381 e. The lowest BCUT2D eigenvalue weighted by molar-refractivity contribution is 0.0599. The molecule has 0 aliphatic heterocycles. The van der Waals surface area contributed by atoms with Gasteiger partial charge in [-0.2, -0.15) is 0 Å². The van der Waals surface area contributed by atoms with Crippen molar-refractivity contribution < 1.29 is 4.74 Å². The van der Waals surface area contributed by atoms with Crippen LogP contribution in [0.4, 0.5) is 0 Å². The predicted molar refractivity (Wildman–Crippen MR) is 80.3 cm³/mol. The summed E-state index contributed by atoms with van der Waals surface area (Å²) in [5, 5.41) is 3.47. The van der Waals surface area contributed by atoms with Gasteiger partial charge in [0.25, 0.3) is 0 Å². The van der Waals surface area contributed by atoms with Gasteiger partial charge in [-0.05, 0) is 30.5 Å². The molecule has 0 aromatic carbocycles. The Balaban J connectivity index is 2.10. The van der Waals surface area contributed by atoms with Gasteiger partial charge in [-0.3, -0.25) is 4.98 Å². The second-order valence-electron chi connectivity index (χ2n) is 6.21. The van der Waals surface area contributed by atoms with Crippen molar-refractivity contribution in [1.29, 1.82) is 0 Å². The van der Waals surface area contributed by atoms with Gasteiger partial charge in [0.15, 0.2) is 0 Å². The molecule has 1 aromatic rings. The molecule has 0 bridgehead atoms. The number of nitrogens with zero attached hydrogens (tertiary/aromatic N) is 1. The summed E-state index contributed by atoms with van der Waals surface area (Å²) in [6.45, 7) is 11.5. The van der Waals surface area contributed by atoms with E-state index in [1.54, 1.807) is 0 Å². The topological polar surface area (TPSA) is 34.1 Å². The van der Waals surface area contributed by atoms with Gasteiger partial charge in [-0.1, -0.05) is 27.7 Å². The minimum absolute atomic E-state index is 0.195. The van der Waals surface area contributed by atoms with Crippen LogP contribution in [0.15, 0.2) is 24.5 Å². The molecule has 19 heavy (non-hydrogen) atoms. The van der Waals surface area contributed by atoms with Crippen molar-refractivity contribution in [3.63, 3.8) is 0 Å². The van der Waals surface area contributed by atoms with Crippen molar-refractivity contribution in [3.05, 3.63) is 30.1 Å². The van der Waals surface area contributed by atoms with Crippen molar-refractivity contribution in [2.75, 3.05) is 19.8 Å². The third kappa shape index (κ3) is 7.96. The van der Waals surface area contributed by atoms with Crippen molar-refractivity contribution in [2.45, 2.75) is 46.6 Å². The highest BCUT2D eigenvalue weighted by molar-refractivity contribution is 5.09. The SMILES string of the molecule is CC(C)NCC(C)(C)COCCCc1ccncc1. The summed E-state index contributed by atoms with van der Waals surface area (Å²) < 4.78 is 5.80. The van der Waals surface area contributed by atoms with Gasteiger partial charge >= 0.3 is 0 Å². The Hall–Kier alpha value is -0.930. The molecule has 0 fully saturated rings. The van der Waals surface area contributed by atoms with Crippen LogP contribution in [0.1, 0.15) is 39.7 Å². The fraction of sp³-hybridized carbons (Fsp3) is 0.688. The van der Waals surface area contributed by atoms with E-state index in [2.05, 4.69) is 50.1 Å². The zero-order valence-electron chi connectivity index (χ0n) is 12.8. The molecule has 1 rings (SSSR count). The third-order valence-corrected chi connectivity index (χ3v) is 2.99. The molecule has 3 heteroatoms. The molecule has 0 aliphatic rings. The fourth-order valence-corrected chi connectivity index (χ4v) is 1.81. The number of hydrogen-bond acceptors (Lipinski definition) is 3. The van der Waals surface area contributed by atoms with Gasteiger partial charge in [0.1, 0.15) is 0 Å². The Labute approximate surface area is 117 Å². The Morgan fingerprint density at radius 2 is 1.95 bits per heavy atom. The standard InChI is InChI=1S/C16H28N2O/c1-14(2)18-12-16(3,4)13-19-11-5-6-15-7-9-17-10-8-15/h7-10,14,18H,5-6,11-13H2,1-4H3. The first-order valence-corrected chi connectivity index (χ1v) is 7.20. The van der Waals surface area contributed by atoms with Crippen molar-refractivity contribution in [3.8, 4) is 0 Å². The van der Waals surface area contributed by atoms with E-state index in [1.807, 2.05) is 12.4 Å². The van der Waals surface area contributed by atoms with Crippen LogP contribution in [0.2, 0.25) is 0 Å². The lowest BCUT2D eigenvalue weighted by atomic mass is 9.94. The van der Waals surface area contributed by atoms with Crippen molar-refractivity contribution >= 4 is 0 Å². The number of rotatable bonds is 9. The van der Waals surface area contributed by atoms with Gasteiger partial charge in [0.2, 0.25) is 0 Å². The normalized spacial score (nSPS) is 12.1. The Morgan fingerprint density at radius 3 is 2.58 bits per heavy atom. The molecule has 0 unspecified atom stereocenters. The van der Waals surface area contributed by atoms with Crippen LogP contribution in [-0.2, 0) is 11.2 Å². The summed E-state index contributed by atoms with van der Waals surface area (Å²) in [5.41, 5.74) is 1.53. The molecule has 0 saturated carbocycles. The third-order valence-electron chi connectivity index (χ3n) is 2.99. The van der Waals surface area contributed by atoms with Gasteiger partial charge in [-0.25, -0.2) is 0 Å². The monoisotopic (exact) mass is 264 g/mol. The van der Waals surface area contributed by atoms with E-state index in [0.717, 1.165) is 32.6 Å². The summed E-state index contributed by atoms with van der Waals surface area (Å²) in [4.78, 5) is 4.02. The number of ether oxygens (including phenoxy) is 1. The quantitative estimate of drug-likeness (QED) is 0.696. The largest absolute Gasteiger partial charge is 0.381 e. The van der Waals surface area contributed by atoms with E-state index in [9.17, 15) is 0 Å². The zero-order chi connectivity index (χ0) is 14.1. The highest BCUT2D eigenvalue weighted by Crippen LogP contribution is 2.14. The van der Waals surface area contributed by atoms with E-state index in [0.29, 0.717) is 6.04 Å². The molecule has 0 aliphatic carbocycles. The minimum atomic E-state index is 0.195. The van der Waals surface area contributed by atoms with Gasteiger partial charge in [0, 0.05) is 37.0 Å². The summed E-state index contributed by atoms with van der Waals surface area (Å²) in [5.74, 6) is 0. The Bertz CT molecular complexity index is 336. The molecule has 1 N–H and O–H groups in total. The molecule has 0 amide bonds. The lowest BCUT2D eigenvalue weighted by Crippen LogP contribution is -2.36. The van der Waals surface area contributed by atoms with E-state index in [4.69, 9.17) is 4.74 Å². The highest BCUT2D eigenvalue weighted by Gasteiger charge is 2.17. The lowest BCUT2D eigenvalue weighted by Gasteiger charge is -2.26. The fourth-order valence-electron chi connectivity index (χ4n) is 1.81. The van der Waals surface area contributed by atoms with E-state index >= 15 is 0 Å². The second kappa shape index (κ2) is 8.28. The Morgan fingerprint density at radius 1 is 1.26 bits per heavy atom. The number of aryl methyl sites for hydroxylation is 1. The van der Waals surface area contributed by atoms with Crippen molar-refractivity contribution in [1.82, 2.24) is 10.3 Å². The molecule has 1 aromatic heterocycles. The molecule has 108 valence electrons. The van der Waals surface area contributed by atoms with Crippen LogP contribution in [0.25, 0.3) is 0 Å². The maximum Gasteiger partial charge on any atom is 0.0529 e. The van der Waals surface area contributed by atoms with Crippen LogP contribution < -0.4 is 5.32 Å². The summed E-state index contributed by atoms with van der Waals surface area (Å²) >= 11 is 0. The molecule has 0 saturated heterocycles. The predicted octanol–water partition coefficient (Wildman–Crippen LogP) is 3.06. The van der Waals surface area contributed by atoms with Gasteiger partial charge in [-0.15, -0.1) is 0 Å². The maximum atomic E-state index is 5.80. The van der Waals surface area contributed by atoms with Gasteiger partial charge < -0.3 is 10.1 Å². The molecule has 3 nitrogen and oxygen atoms in total. The van der Waals surface area contributed by atoms with E-state index in [1.165, 1.54) is 5.56 Å². The Kier molecular flexibility index (Phi) is 7.03. The number of nitrogens with one attached hydrogen (secondary N) is 1. The molecule has 0 radical (unpaired) electrons. The average Bonchev–Trinajstić information content (AvgIpc) is 2.37. The van der Waals surface area contributed by atoms with Crippen LogP contribution in [0.3, 0.4) is 0 Å². The summed E-state index contributed by atoms with van der Waals surface area (Å²) in [7, 11) is 0. The molecule has 0 spiro atoms. The molecule has 0 atom stereocenters. The van der Waals surface area contributed by atoms with Crippen LogP contribution in [-0.4, -0.2) is 30.8 Å². The smallest absolute Gasteiger partial charge is 0.0529 e. The number of pyridine rings is 1. The molecular weight excluding hydrogens is 236 g/mol. The molecule has 1 heterocycles. The van der Waals surface area contributed by atoms with E-state index in [-0.39, 0.29) is 5.41 Å². The van der Waals surface area contributed by atoms with E-state index < -0.39 is 0 Å². The van der Waals surface area contributed by atoms with Crippen LogP contribution in [0, 0.1) is 5.41 Å². The van der Waals surface area contributed by atoms with Crippen LogP contribution >= 0.6 is 0 Å². The first kappa shape index (κ1) is 16.1. The summed E-state index contributed by atoms with van der Waals surface area (Å²) in [6.07, 6.45) is 5.82. The summed E-state index contributed by atoms with van der Waals surface area (Å²) in [6, 6.07) is 4.67. The maximum absolute atomic E-state index is 5.80. The van der Waals surface area contributed by atoms with Crippen molar-refractivity contribution in [2.24, 2.45) is 5.41 Å². The first-order chi connectivity index (χ1) is 8.99. The number of hydrogen-bond donors (Lipinski definition) is 1. The second-order valence-corrected chi connectivity index (χ2v) is 6.21. The number of aromatic nitrogens is 1. The zero-order valence-corrected chi connectivity index (χ0v) is 12.8.